The van der Waals surface area contributed by atoms with Gasteiger partial charge in [-0.3, -0.25) is 9.48 Å². The molecule has 0 fully saturated rings. The molecule has 5 rings (SSSR count). The Labute approximate surface area is 219 Å². The molecular formula is C27H37N7OS. The average Bonchev–Trinajstić information content (AvgIpc) is 3.61. The summed E-state index contributed by atoms with van der Waals surface area (Å²) in [6.45, 7) is 10.3. The number of aromatic nitrogens is 5. The van der Waals surface area contributed by atoms with Crippen molar-refractivity contribution in [1.82, 2.24) is 30.0 Å². The van der Waals surface area contributed by atoms with Crippen molar-refractivity contribution in [2.24, 2.45) is 7.05 Å². The Morgan fingerprint density at radius 1 is 1.17 bits per heavy atom. The van der Waals surface area contributed by atoms with E-state index >= 15 is 0 Å². The number of thiazole rings is 1. The number of amides is 1. The van der Waals surface area contributed by atoms with Crippen molar-refractivity contribution in [1.29, 1.82) is 0 Å². The van der Waals surface area contributed by atoms with Crippen LogP contribution in [-0.2, 0) is 18.9 Å². The Hall–Kier alpha value is -3.59. The molecule has 4 aromatic rings. The third-order valence-electron chi connectivity index (χ3n) is 5.81. The fourth-order valence-corrected chi connectivity index (χ4v) is 4.95. The fraction of sp³-hybridized carbons (Fsp3) is 0.370. The number of hydrogen-bond acceptors (Lipinski definition) is 7. The molecule has 8 nitrogen and oxygen atoms in total. The zero-order valence-corrected chi connectivity index (χ0v) is 22.5. The number of nitrogens with one attached hydrogen (secondary N) is 2. The van der Waals surface area contributed by atoms with Gasteiger partial charge in [-0.05, 0) is 36.1 Å². The molecule has 0 spiro atoms. The van der Waals surface area contributed by atoms with Crippen LogP contribution in [0.3, 0.4) is 0 Å². The number of aryl methyl sites for hydroxylation is 2. The van der Waals surface area contributed by atoms with Crippen molar-refractivity contribution in [2.75, 3.05) is 5.32 Å². The SMILES string of the molecule is CC.Cn1cc(Nc2nccc(-c3ccc4c(c3)CCC4NC(=O)c3cnc(C(C)(C)C)s3)n2)cn1.[HH].[HH]. The molecule has 0 saturated carbocycles. The van der Waals surface area contributed by atoms with Gasteiger partial charge in [0, 0.05) is 33.3 Å². The van der Waals surface area contributed by atoms with Crippen LogP contribution in [0, 0.1) is 0 Å². The maximum atomic E-state index is 12.9. The zero-order chi connectivity index (χ0) is 25.9. The predicted molar refractivity (Wildman–Crippen MR) is 149 cm³/mol. The fourth-order valence-electron chi connectivity index (χ4n) is 4.08. The number of carbonyl (C=O) groups excluding carboxylic acids is 1. The maximum Gasteiger partial charge on any atom is 0.263 e. The summed E-state index contributed by atoms with van der Waals surface area (Å²) < 4.78 is 1.72. The number of anilines is 2. The monoisotopic (exact) mass is 507 g/mol. The Balaban J connectivity index is 0.00000124. The molecule has 36 heavy (non-hydrogen) atoms. The van der Waals surface area contributed by atoms with Crippen LogP contribution in [0.15, 0.2) is 49.1 Å². The summed E-state index contributed by atoms with van der Waals surface area (Å²) in [6, 6.07) is 8.24. The average molecular weight is 508 g/mol. The largest absolute Gasteiger partial charge is 0.344 e. The Morgan fingerprint density at radius 3 is 2.67 bits per heavy atom. The van der Waals surface area contributed by atoms with Crippen molar-refractivity contribution in [3.05, 3.63) is 70.1 Å². The van der Waals surface area contributed by atoms with E-state index in [-0.39, 0.29) is 20.2 Å². The van der Waals surface area contributed by atoms with Crippen molar-refractivity contribution in [3.8, 4) is 11.3 Å². The smallest absolute Gasteiger partial charge is 0.263 e. The molecule has 2 N–H and O–H groups in total. The van der Waals surface area contributed by atoms with Crippen LogP contribution in [-0.4, -0.2) is 30.6 Å². The first kappa shape index (κ1) is 25.5. The molecule has 9 heteroatoms. The van der Waals surface area contributed by atoms with Crippen LogP contribution < -0.4 is 10.6 Å². The third-order valence-corrected chi connectivity index (χ3v) is 7.23. The van der Waals surface area contributed by atoms with Gasteiger partial charge in [0.2, 0.25) is 5.95 Å². The molecule has 3 aromatic heterocycles. The van der Waals surface area contributed by atoms with Crippen LogP contribution >= 0.6 is 11.3 Å². The lowest BCUT2D eigenvalue weighted by Crippen LogP contribution is -2.26. The van der Waals surface area contributed by atoms with E-state index in [1.165, 1.54) is 22.5 Å². The third kappa shape index (κ3) is 5.62. The van der Waals surface area contributed by atoms with E-state index in [1.54, 1.807) is 23.3 Å². The normalized spacial score (nSPS) is 14.6. The van der Waals surface area contributed by atoms with E-state index in [2.05, 4.69) is 69.7 Å². The second-order valence-electron chi connectivity index (χ2n) is 9.55. The topological polar surface area (TPSA) is 97.6 Å². The summed E-state index contributed by atoms with van der Waals surface area (Å²) in [5, 5.41) is 11.5. The van der Waals surface area contributed by atoms with E-state index in [0.29, 0.717) is 10.8 Å². The lowest BCUT2D eigenvalue weighted by molar-refractivity contribution is 0.0940. The van der Waals surface area contributed by atoms with E-state index in [0.717, 1.165) is 34.8 Å². The number of rotatable bonds is 5. The maximum absolute atomic E-state index is 12.9. The van der Waals surface area contributed by atoms with Gasteiger partial charge in [-0.15, -0.1) is 11.3 Å². The standard InChI is InChI=1S/C25H27N7OS.C2H6.2H2/c1-25(2,3)23-27-13-21(34-23)22(33)30-20-8-6-15-11-16(5-7-18(15)20)19-9-10-26-24(31-19)29-17-12-28-32(4)14-17;1-2;;/h5,7,9-14,20H,6,8H2,1-4H3,(H,30,33)(H,26,29,31);1-2H3;2*1H. The molecule has 1 aliphatic rings. The van der Waals surface area contributed by atoms with Gasteiger partial charge >= 0.3 is 0 Å². The van der Waals surface area contributed by atoms with E-state index in [4.69, 9.17) is 0 Å². The summed E-state index contributed by atoms with van der Waals surface area (Å²) >= 11 is 1.47. The number of fused-ring (bicyclic) bond motifs is 1. The Bertz CT molecular complexity index is 1360. The molecule has 0 aliphatic heterocycles. The molecule has 192 valence electrons. The minimum Gasteiger partial charge on any atom is -0.344 e. The highest BCUT2D eigenvalue weighted by atomic mass is 32.1. The summed E-state index contributed by atoms with van der Waals surface area (Å²) in [5.74, 6) is 0.465. The summed E-state index contributed by atoms with van der Waals surface area (Å²) in [7, 11) is 1.86. The van der Waals surface area contributed by atoms with Gasteiger partial charge in [0.25, 0.3) is 5.91 Å². The molecule has 0 radical (unpaired) electrons. The van der Waals surface area contributed by atoms with Crippen LogP contribution in [0.1, 0.15) is 75.7 Å². The summed E-state index contributed by atoms with van der Waals surface area (Å²) in [4.78, 5) is 26.9. The molecule has 1 amide bonds. The number of nitrogens with zero attached hydrogens (tertiary/aromatic N) is 5. The predicted octanol–water partition coefficient (Wildman–Crippen LogP) is 6.31. The molecule has 3 heterocycles. The van der Waals surface area contributed by atoms with Gasteiger partial charge in [-0.1, -0.05) is 46.8 Å². The molecule has 1 aromatic carbocycles. The zero-order valence-electron chi connectivity index (χ0n) is 21.7. The van der Waals surface area contributed by atoms with Crippen molar-refractivity contribution >= 4 is 28.9 Å². The van der Waals surface area contributed by atoms with E-state index in [1.807, 2.05) is 33.2 Å². The molecule has 1 unspecified atom stereocenters. The second kappa shape index (κ2) is 10.6. The lowest BCUT2D eigenvalue weighted by Gasteiger charge is -2.15. The number of hydrogen-bond donors (Lipinski definition) is 2. The van der Waals surface area contributed by atoms with Gasteiger partial charge < -0.3 is 10.6 Å². The first-order valence-electron chi connectivity index (χ1n) is 12.3. The minimum absolute atomic E-state index is 0. The first-order chi connectivity index (χ1) is 17.3. The summed E-state index contributed by atoms with van der Waals surface area (Å²) in [5.41, 5.74) is 5.05. The van der Waals surface area contributed by atoms with Crippen molar-refractivity contribution in [2.45, 2.75) is 58.9 Å². The Kier molecular flexibility index (Phi) is 7.49. The van der Waals surface area contributed by atoms with E-state index in [9.17, 15) is 4.79 Å². The second-order valence-corrected chi connectivity index (χ2v) is 10.6. The van der Waals surface area contributed by atoms with Crippen LogP contribution in [0.5, 0.6) is 0 Å². The minimum atomic E-state index is -0.0616. The summed E-state index contributed by atoms with van der Waals surface area (Å²) in [6.07, 6.45) is 8.83. The van der Waals surface area contributed by atoms with Gasteiger partial charge in [0.05, 0.1) is 34.8 Å². The number of carbonyl (C=O) groups is 1. The molecule has 1 atom stereocenters. The van der Waals surface area contributed by atoms with Crippen molar-refractivity contribution < 1.29 is 7.65 Å². The Morgan fingerprint density at radius 2 is 1.97 bits per heavy atom. The van der Waals surface area contributed by atoms with Crippen molar-refractivity contribution in [3.63, 3.8) is 0 Å². The molecule has 1 aliphatic carbocycles. The van der Waals surface area contributed by atoms with Crippen LogP contribution in [0.4, 0.5) is 11.6 Å². The van der Waals surface area contributed by atoms with Crippen LogP contribution in [0.2, 0.25) is 0 Å². The lowest BCUT2D eigenvalue weighted by atomic mass is 9.98. The van der Waals surface area contributed by atoms with E-state index < -0.39 is 0 Å². The highest BCUT2D eigenvalue weighted by molar-refractivity contribution is 7.13. The molecule has 0 bridgehead atoms. The van der Waals surface area contributed by atoms with Gasteiger partial charge in [0.1, 0.15) is 4.88 Å². The van der Waals surface area contributed by atoms with Gasteiger partial charge in [-0.25, -0.2) is 15.0 Å². The molecular weight excluding hydrogens is 470 g/mol. The highest BCUT2D eigenvalue weighted by Crippen LogP contribution is 2.35. The van der Waals surface area contributed by atoms with Gasteiger partial charge in [0.15, 0.2) is 0 Å². The van der Waals surface area contributed by atoms with Crippen LogP contribution in [0.25, 0.3) is 11.3 Å². The quantitative estimate of drug-likeness (QED) is 0.328. The number of benzene rings is 1. The first-order valence-corrected chi connectivity index (χ1v) is 13.1. The molecule has 0 saturated heterocycles. The van der Waals surface area contributed by atoms with Gasteiger partial charge in [-0.2, -0.15) is 5.10 Å². The highest BCUT2D eigenvalue weighted by Gasteiger charge is 2.26.